The standard InChI is InChI=1S/C39H39N2.C33H31N2.C31H30FN2.3Ir/c1-5-13-29(14-6-1)31-21-23-34(24-22-31)39-40-25-26-41(39)38-36(32-17-9-3-10-18-32)27-35(30-15-7-2-8-16-30)28-37(38)33-19-11-4-12-20-33;1-23(2)30-21-29(26-13-9-6-10-14-26)22-31(24(3)4)32(30)35-20-19-34-33(35)28-17-15-27(16-18-28)25-11-7-5-8-12-25;32-27-16-14-25(15-17-27)31-33-18-19-34(31)30-28(23-10-4-5-11-23)20-26(22-8-2-1-3-9-22)21-29(30)24-12-6-7-13-24;;;/h1-2,5-8,13-16,21-23,25-28,32-33H,3-4,9-12,17-20H2;5-17,19-24H,1-4H3;1-3,8-9,14,16-21,23-24H,4-7,10-13H2;;;/q3*-1;;;. The van der Waals surface area contributed by atoms with Crippen molar-refractivity contribution < 1.29 is 64.7 Å². The van der Waals surface area contributed by atoms with Gasteiger partial charge in [-0.05, 0) is 190 Å². The molecule has 113 heavy (non-hydrogen) atoms. The Morgan fingerprint density at radius 1 is 0.292 bits per heavy atom. The van der Waals surface area contributed by atoms with E-state index >= 15 is 0 Å². The Kier molecular flexibility index (Phi) is 28.2. The van der Waals surface area contributed by atoms with Gasteiger partial charge in [-0.25, -0.2) is 0 Å². The quantitative estimate of drug-likeness (QED) is 0.0854. The van der Waals surface area contributed by atoms with Crippen LogP contribution in [-0.2, 0) is 60.3 Å². The minimum absolute atomic E-state index is 0. The van der Waals surface area contributed by atoms with Gasteiger partial charge in [0.25, 0.3) is 0 Å². The van der Waals surface area contributed by atoms with E-state index in [1.54, 1.807) is 6.07 Å². The van der Waals surface area contributed by atoms with Gasteiger partial charge in [0.15, 0.2) is 0 Å². The van der Waals surface area contributed by atoms with Crippen molar-refractivity contribution in [1.29, 1.82) is 0 Å². The summed E-state index contributed by atoms with van der Waals surface area (Å²) in [5, 5.41) is 0. The molecule has 4 aliphatic carbocycles. The molecule has 18 rings (SSSR count). The number of hydrogen-bond donors (Lipinski definition) is 0. The number of hydrogen-bond acceptors (Lipinski definition) is 3. The molecule has 579 valence electrons. The van der Waals surface area contributed by atoms with Crippen molar-refractivity contribution in [1.82, 2.24) is 28.7 Å². The van der Waals surface area contributed by atoms with Crippen molar-refractivity contribution in [3.63, 3.8) is 0 Å². The summed E-state index contributed by atoms with van der Waals surface area (Å²) in [5.74, 6) is 5.51. The van der Waals surface area contributed by atoms with Crippen molar-refractivity contribution >= 4 is 0 Å². The number of halogens is 1. The molecule has 0 aliphatic heterocycles. The van der Waals surface area contributed by atoms with Gasteiger partial charge in [-0.15, -0.1) is 89.5 Å². The molecule has 11 aromatic carbocycles. The zero-order chi connectivity index (χ0) is 74.7. The van der Waals surface area contributed by atoms with Crippen LogP contribution in [0.3, 0.4) is 0 Å². The van der Waals surface area contributed by atoms with E-state index in [0.717, 1.165) is 39.7 Å². The van der Waals surface area contributed by atoms with E-state index in [9.17, 15) is 4.39 Å². The second kappa shape index (κ2) is 38.8. The van der Waals surface area contributed by atoms with Gasteiger partial charge >= 0.3 is 0 Å². The third-order valence-corrected chi connectivity index (χ3v) is 23.7. The van der Waals surface area contributed by atoms with Gasteiger partial charge in [0, 0.05) is 120 Å². The normalized spacial score (nSPS) is 14.6. The van der Waals surface area contributed by atoms with Crippen LogP contribution in [0, 0.1) is 24.0 Å². The third-order valence-electron chi connectivity index (χ3n) is 23.7. The van der Waals surface area contributed by atoms with Gasteiger partial charge < -0.3 is 13.7 Å². The zero-order valence-corrected chi connectivity index (χ0v) is 72.5. The van der Waals surface area contributed by atoms with E-state index in [1.165, 1.54) is 228 Å². The minimum Gasteiger partial charge on any atom is -0.340 e. The first-order valence-corrected chi connectivity index (χ1v) is 40.8. The Morgan fingerprint density at radius 2 is 0.558 bits per heavy atom. The number of aromatic nitrogens is 6. The molecule has 0 atom stereocenters. The van der Waals surface area contributed by atoms with Crippen LogP contribution in [-0.4, -0.2) is 28.7 Å². The molecule has 4 saturated carbocycles. The van der Waals surface area contributed by atoms with Crippen LogP contribution < -0.4 is 0 Å². The molecule has 0 unspecified atom stereocenters. The third kappa shape index (κ3) is 18.7. The molecule has 14 aromatic rings. The molecule has 3 aromatic heterocycles. The van der Waals surface area contributed by atoms with E-state index in [2.05, 4.69) is 297 Å². The fraction of sp³-hybridized carbons (Fsp3) is 0.272. The molecular formula is C103H100FIr3N6-3. The molecule has 4 fully saturated rings. The van der Waals surface area contributed by atoms with E-state index in [4.69, 9.17) is 15.0 Å². The summed E-state index contributed by atoms with van der Waals surface area (Å²) >= 11 is 0. The molecule has 0 bridgehead atoms. The molecule has 10 heteroatoms. The maximum Gasteiger partial charge on any atom is 0.0602 e. The summed E-state index contributed by atoms with van der Waals surface area (Å²) in [7, 11) is 0. The fourth-order valence-corrected chi connectivity index (χ4v) is 18.0. The molecule has 3 radical (unpaired) electrons. The molecule has 0 spiro atoms. The molecule has 0 saturated heterocycles. The second-order valence-electron chi connectivity index (χ2n) is 31.5. The van der Waals surface area contributed by atoms with Gasteiger partial charge in [-0.3, -0.25) is 19.3 Å². The van der Waals surface area contributed by atoms with Crippen molar-refractivity contribution in [2.24, 2.45) is 0 Å². The molecule has 0 amide bonds. The van der Waals surface area contributed by atoms with Crippen molar-refractivity contribution in [2.75, 3.05) is 0 Å². The van der Waals surface area contributed by atoms with Crippen LogP contribution in [0.4, 0.5) is 4.39 Å². The first kappa shape index (κ1) is 81.9. The van der Waals surface area contributed by atoms with Gasteiger partial charge in [0.1, 0.15) is 0 Å². The number of nitrogens with zero attached hydrogens (tertiary/aromatic N) is 6. The Bertz CT molecular complexity index is 5220. The van der Waals surface area contributed by atoms with Crippen molar-refractivity contribution in [2.45, 2.75) is 179 Å². The summed E-state index contributed by atoms with van der Waals surface area (Å²) in [4.78, 5) is 14.4. The molecule has 6 nitrogen and oxygen atoms in total. The molecule has 3 heterocycles. The summed E-state index contributed by atoms with van der Waals surface area (Å²) in [5.41, 5.74) is 28.0. The van der Waals surface area contributed by atoms with Crippen LogP contribution in [0.25, 0.3) is 107 Å². The van der Waals surface area contributed by atoms with Crippen LogP contribution in [0.2, 0.25) is 0 Å². The smallest absolute Gasteiger partial charge is 0.0602 e. The Hall–Kier alpha value is -9.07. The molecule has 0 N–H and O–H groups in total. The van der Waals surface area contributed by atoms with Gasteiger partial charge in [0.05, 0.1) is 17.5 Å². The predicted molar refractivity (Wildman–Crippen MR) is 453 cm³/mol. The summed E-state index contributed by atoms with van der Waals surface area (Å²) in [6.45, 7) is 9.09. The van der Waals surface area contributed by atoms with E-state index in [0.29, 0.717) is 35.5 Å². The monoisotopic (exact) mass is 2020 g/mol. The number of imidazole rings is 3. The largest absolute Gasteiger partial charge is 0.340 e. The Balaban J connectivity index is 0.000000147. The average molecular weight is 2020 g/mol. The van der Waals surface area contributed by atoms with Gasteiger partial charge in [-0.1, -0.05) is 266 Å². The first-order chi connectivity index (χ1) is 54.1. The summed E-state index contributed by atoms with van der Waals surface area (Å²) < 4.78 is 20.6. The number of rotatable bonds is 17. The maximum absolute atomic E-state index is 13.6. The first-order valence-electron chi connectivity index (χ1n) is 40.8. The van der Waals surface area contributed by atoms with E-state index in [-0.39, 0.29) is 66.1 Å². The van der Waals surface area contributed by atoms with Gasteiger partial charge in [-0.2, -0.15) is 0 Å². The van der Waals surface area contributed by atoms with Crippen LogP contribution in [0.1, 0.15) is 212 Å². The van der Waals surface area contributed by atoms with Crippen LogP contribution >= 0.6 is 0 Å². The predicted octanol–water partition coefficient (Wildman–Crippen LogP) is 28.1. The number of benzene rings is 11. The average Bonchev–Trinajstić information content (AvgIpc) is 1.74. The topological polar surface area (TPSA) is 53.5 Å². The van der Waals surface area contributed by atoms with Crippen LogP contribution in [0.5, 0.6) is 0 Å². The summed E-state index contributed by atoms with van der Waals surface area (Å²) in [6, 6.07) is 95.9. The fourth-order valence-electron chi connectivity index (χ4n) is 18.0. The van der Waals surface area contributed by atoms with Crippen molar-refractivity contribution in [3.05, 3.63) is 337 Å². The van der Waals surface area contributed by atoms with Crippen LogP contribution in [0.15, 0.2) is 280 Å². The zero-order valence-electron chi connectivity index (χ0n) is 65.3. The van der Waals surface area contributed by atoms with Crippen molar-refractivity contribution in [3.8, 4) is 107 Å². The van der Waals surface area contributed by atoms with Gasteiger partial charge in [0.2, 0.25) is 0 Å². The van der Waals surface area contributed by atoms with E-state index in [1.807, 2.05) is 24.7 Å². The Morgan fingerprint density at radius 3 is 0.832 bits per heavy atom. The summed E-state index contributed by atoms with van der Waals surface area (Å²) in [6.07, 6.45) is 35.4. The van der Waals surface area contributed by atoms with E-state index < -0.39 is 0 Å². The SMILES string of the molecule is CC(C)c1cc(-c2ccccc2)cc(C(C)C)c1-n1ccnc1-c1[c-]cc(-c2ccccc2)cc1.Fc1c[c-]c(-c2nccn2-c2c(C3CCCC3)cc(-c3ccccc3)cc2C2CCCC2)cc1.[Ir].[Ir].[Ir].[c-]1cc(-c2ccccc2)ccc1-c1nccn1-c1c(C2CCCCC2)cc(-c2ccccc2)cc1C1CCCCC1. The molecular weight excluding hydrogens is 1920 g/mol. The Labute approximate surface area is 710 Å². The maximum atomic E-state index is 13.6. The molecule has 4 aliphatic rings. The minimum atomic E-state index is -0.271. The second-order valence-corrected chi connectivity index (χ2v) is 31.5.